The number of imidazole rings is 1. The van der Waals surface area contributed by atoms with Crippen molar-refractivity contribution in [2.45, 2.75) is 38.9 Å². The highest BCUT2D eigenvalue weighted by Crippen LogP contribution is 2.29. The number of aliphatic hydroxyl groups excluding tert-OH is 1. The minimum Gasteiger partial charge on any atom is -0.494 e. The van der Waals surface area contributed by atoms with Gasteiger partial charge in [0, 0.05) is 16.7 Å². The van der Waals surface area contributed by atoms with E-state index < -0.39 is 6.29 Å². The first-order chi connectivity index (χ1) is 14.6. The van der Waals surface area contributed by atoms with Crippen molar-refractivity contribution in [3.63, 3.8) is 0 Å². The number of aliphatic hydroxyl groups is 2. The summed E-state index contributed by atoms with van der Waals surface area (Å²) in [4.78, 5) is 5.46. The number of rotatable bonds is 9. The van der Waals surface area contributed by atoms with Crippen LogP contribution in [-0.2, 0) is 0 Å². The second-order valence-corrected chi connectivity index (χ2v) is 8.15. The van der Waals surface area contributed by atoms with Crippen molar-refractivity contribution < 1.29 is 14.9 Å². The third-order valence-electron chi connectivity index (χ3n) is 4.92. The van der Waals surface area contributed by atoms with Crippen LogP contribution in [0.4, 0.5) is 0 Å². The summed E-state index contributed by atoms with van der Waals surface area (Å²) < 4.78 is 7.59. The molecular formula is C23H25N3O3S. The van der Waals surface area contributed by atoms with E-state index in [0.29, 0.717) is 5.56 Å². The molecule has 2 aromatic carbocycles. The van der Waals surface area contributed by atoms with Gasteiger partial charge in [-0.05, 0) is 30.7 Å². The fourth-order valence-electron chi connectivity index (χ4n) is 3.19. The van der Waals surface area contributed by atoms with Gasteiger partial charge in [-0.1, -0.05) is 61.8 Å². The van der Waals surface area contributed by atoms with Gasteiger partial charge in [-0.15, -0.1) is 0 Å². The lowest BCUT2D eigenvalue weighted by Crippen LogP contribution is -1.96. The van der Waals surface area contributed by atoms with E-state index in [9.17, 15) is 10.2 Å². The quantitative estimate of drug-likeness (QED) is 0.290. The molecule has 156 valence electrons. The van der Waals surface area contributed by atoms with Crippen LogP contribution in [0.5, 0.6) is 5.75 Å². The number of aromatic nitrogens is 3. The molecule has 0 saturated carbocycles. The number of hydrogen-bond donors (Lipinski definition) is 2. The summed E-state index contributed by atoms with van der Waals surface area (Å²) in [6.45, 7) is 2.96. The summed E-state index contributed by atoms with van der Waals surface area (Å²) in [6, 6.07) is 15.0. The predicted octanol–water partition coefficient (Wildman–Crippen LogP) is 5.07. The third kappa shape index (κ3) is 4.70. The maximum atomic E-state index is 9.22. The molecule has 0 unspecified atom stereocenters. The Balaban J connectivity index is 1.43. The summed E-state index contributed by atoms with van der Waals surface area (Å²) in [6.07, 6.45) is 5.20. The molecular weight excluding hydrogens is 398 g/mol. The van der Waals surface area contributed by atoms with Crippen molar-refractivity contribution in [1.82, 2.24) is 14.6 Å². The lowest BCUT2D eigenvalue weighted by atomic mass is 10.1. The zero-order valence-electron chi connectivity index (χ0n) is 16.9. The van der Waals surface area contributed by atoms with Crippen molar-refractivity contribution in [3.05, 3.63) is 60.3 Å². The summed E-state index contributed by atoms with van der Waals surface area (Å²) in [5, 5.41) is 24.0. The summed E-state index contributed by atoms with van der Waals surface area (Å²) in [5.74, 6) is 0.885. The Morgan fingerprint density at radius 3 is 2.37 bits per heavy atom. The van der Waals surface area contributed by atoms with Gasteiger partial charge in [-0.25, -0.2) is 9.50 Å². The minimum absolute atomic E-state index is 0.452. The topological polar surface area (TPSA) is 79.9 Å². The minimum atomic E-state index is -1.47. The number of nitrogens with zero attached hydrogens (tertiary/aromatic N) is 3. The van der Waals surface area contributed by atoms with Gasteiger partial charge in [0.25, 0.3) is 0 Å². The smallest absolute Gasteiger partial charge is 0.213 e. The Kier molecular flexibility index (Phi) is 6.42. The van der Waals surface area contributed by atoms with Gasteiger partial charge >= 0.3 is 0 Å². The van der Waals surface area contributed by atoms with Crippen molar-refractivity contribution in [3.8, 4) is 27.6 Å². The molecule has 0 aliphatic carbocycles. The second kappa shape index (κ2) is 9.38. The second-order valence-electron chi connectivity index (χ2n) is 7.19. The van der Waals surface area contributed by atoms with E-state index in [1.165, 1.54) is 30.6 Å². The summed E-state index contributed by atoms with van der Waals surface area (Å²) in [5.41, 5.74) is 3.19. The standard InChI is InChI=1S/C23H25N3O3S/c1-2-3-4-5-14-29-19-12-10-17(11-13-19)21-25-26-15-20(24-23(26)30-21)16-6-8-18(9-7-16)22(27)28/h6-13,15,22,27-28H,2-5,14H2,1H3. The highest BCUT2D eigenvalue weighted by atomic mass is 32.1. The van der Waals surface area contributed by atoms with Crippen LogP contribution in [0.15, 0.2) is 54.7 Å². The van der Waals surface area contributed by atoms with Gasteiger partial charge in [-0.3, -0.25) is 0 Å². The SMILES string of the molecule is CCCCCCOc1ccc(-c2nn3cc(-c4ccc(C(O)O)cc4)nc3s2)cc1. The lowest BCUT2D eigenvalue weighted by molar-refractivity contribution is -0.0424. The first-order valence-electron chi connectivity index (χ1n) is 10.2. The van der Waals surface area contributed by atoms with Crippen LogP contribution >= 0.6 is 11.3 Å². The van der Waals surface area contributed by atoms with Gasteiger partial charge in [0.2, 0.25) is 4.96 Å². The molecule has 0 saturated heterocycles. The van der Waals surface area contributed by atoms with Gasteiger partial charge in [0.15, 0.2) is 6.29 Å². The van der Waals surface area contributed by atoms with Crippen LogP contribution in [0, 0.1) is 0 Å². The fourth-order valence-corrected chi connectivity index (χ4v) is 4.08. The van der Waals surface area contributed by atoms with E-state index in [1.54, 1.807) is 16.6 Å². The molecule has 6 nitrogen and oxygen atoms in total. The predicted molar refractivity (Wildman–Crippen MR) is 119 cm³/mol. The normalized spacial score (nSPS) is 11.5. The van der Waals surface area contributed by atoms with E-state index in [0.717, 1.165) is 45.6 Å². The maximum absolute atomic E-state index is 9.22. The van der Waals surface area contributed by atoms with Crippen LogP contribution < -0.4 is 4.74 Å². The Bertz CT molecular complexity index is 1050. The molecule has 2 N–H and O–H groups in total. The first kappa shape index (κ1) is 20.5. The zero-order chi connectivity index (χ0) is 20.9. The summed E-state index contributed by atoms with van der Waals surface area (Å²) >= 11 is 1.53. The fraction of sp³-hybridized carbons (Fsp3) is 0.304. The van der Waals surface area contributed by atoms with E-state index in [2.05, 4.69) is 17.0 Å². The highest BCUT2D eigenvalue weighted by Gasteiger charge is 2.12. The molecule has 0 bridgehead atoms. The van der Waals surface area contributed by atoms with Crippen LogP contribution in [0.3, 0.4) is 0 Å². The number of ether oxygens (including phenoxy) is 1. The van der Waals surface area contributed by atoms with Crippen molar-refractivity contribution in [2.75, 3.05) is 6.61 Å². The lowest BCUT2D eigenvalue weighted by Gasteiger charge is -2.06. The largest absolute Gasteiger partial charge is 0.494 e. The van der Waals surface area contributed by atoms with Crippen molar-refractivity contribution in [1.29, 1.82) is 0 Å². The average molecular weight is 424 g/mol. The maximum Gasteiger partial charge on any atom is 0.213 e. The molecule has 0 aliphatic heterocycles. The molecule has 0 radical (unpaired) electrons. The van der Waals surface area contributed by atoms with Gasteiger partial charge in [0.05, 0.1) is 18.5 Å². The molecule has 0 fully saturated rings. The van der Waals surface area contributed by atoms with Gasteiger partial charge in [0.1, 0.15) is 10.8 Å². The summed E-state index contributed by atoms with van der Waals surface area (Å²) in [7, 11) is 0. The average Bonchev–Trinajstić information content (AvgIpc) is 3.34. The van der Waals surface area contributed by atoms with Crippen LogP contribution in [0.1, 0.15) is 44.5 Å². The molecule has 0 spiro atoms. The Morgan fingerprint density at radius 2 is 1.70 bits per heavy atom. The van der Waals surface area contributed by atoms with Crippen molar-refractivity contribution in [2.24, 2.45) is 0 Å². The van der Waals surface area contributed by atoms with Crippen molar-refractivity contribution >= 4 is 16.3 Å². The number of fused-ring (bicyclic) bond motifs is 1. The number of unbranched alkanes of at least 4 members (excludes halogenated alkanes) is 3. The van der Waals surface area contributed by atoms with Crippen LogP contribution in [-0.4, -0.2) is 31.4 Å². The van der Waals surface area contributed by atoms with E-state index in [1.807, 2.05) is 42.6 Å². The Hall–Kier alpha value is -2.74. The van der Waals surface area contributed by atoms with Gasteiger partial charge in [-0.2, -0.15) is 5.10 Å². The van der Waals surface area contributed by atoms with Crippen LogP contribution in [0.25, 0.3) is 26.8 Å². The molecule has 30 heavy (non-hydrogen) atoms. The molecule has 2 aromatic heterocycles. The van der Waals surface area contributed by atoms with E-state index in [-0.39, 0.29) is 0 Å². The first-order valence-corrected chi connectivity index (χ1v) is 11.0. The zero-order valence-corrected chi connectivity index (χ0v) is 17.7. The third-order valence-corrected chi connectivity index (χ3v) is 5.89. The molecule has 0 amide bonds. The number of hydrogen-bond acceptors (Lipinski definition) is 6. The Morgan fingerprint density at radius 1 is 0.967 bits per heavy atom. The Labute approximate surface area is 179 Å². The monoisotopic (exact) mass is 423 g/mol. The van der Waals surface area contributed by atoms with E-state index in [4.69, 9.17) is 4.74 Å². The highest BCUT2D eigenvalue weighted by molar-refractivity contribution is 7.19. The molecule has 0 aliphatic rings. The van der Waals surface area contributed by atoms with Crippen LogP contribution in [0.2, 0.25) is 0 Å². The van der Waals surface area contributed by atoms with Gasteiger partial charge < -0.3 is 14.9 Å². The molecule has 4 rings (SSSR count). The molecule has 2 heterocycles. The number of benzene rings is 2. The van der Waals surface area contributed by atoms with E-state index >= 15 is 0 Å². The molecule has 4 aromatic rings. The molecule has 7 heteroatoms. The molecule has 0 atom stereocenters.